The summed E-state index contributed by atoms with van der Waals surface area (Å²) in [6, 6.07) is 8.31. The van der Waals surface area contributed by atoms with Crippen molar-refractivity contribution in [2.45, 2.75) is 18.2 Å². The van der Waals surface area contributed by atoms with Crippen molar-refractivity contribution in [2.24, 2.45) is 18.9 Å². The lowest BCUT2D eigenvalue weighted by Crippen LogP contribution is -2.54. The van der Waals surface area contributed by atoms with Crippen LogP contribution < -0.4 is 4.90 Å². The van der Waals surface area contributed by atoms with Gasteiger partial charge in [0.05, 0.1) is 29.4 Å². The van der Waals surface area contributed by atoms with Crippen LogP contribution in [0, 0.1) is 11.8 Å². The van der Waals surface area contributed by atoms with Gasteiger partial charge in [-0.15, -0.1) is 0 Å². The zero-order valence-corrected chi connectivity index (χ0v) is 17.3. The van der Waals surface area contributed by atoms with Crippen LogP contribution in [0.15, 0.2) is 36.7 Å². The van der Waals surface area contributed by atoms with E-state index in [1.807, 2.05) is 25.5 Å². The first-order valence-corrected chi connectivity index (χ1v) is 11.0. The molecule has 3 saturated heterocycles. The third kappa shape index (κ3) is 2.73. The number of anilines is 1. The number of likely N-dealkylation sites (tertiary alicyclic amines) is 1. The second-order valence-electron chi connectivity index (χ2n) is 8.64. The molecule has 3 fully saturated rings. The number of imidazole rings is 1. The van der Waals surface area contributed by atoms with Crippen molar-refractivity contribution in [1.29, 1.82) is 0 Å². The van der Waals surface area contributed by atoms with Crippen LogP contribution in [-0.2, 0) is 18.3 Å². The number of benzene rings is 1. The molecule has 2 aromatic heterocycles. The van der Waals surface area contributed by atoms with E-state index in [-0.39, 0.29) is 24.2 Å². The zero-order chi connectivity index (χ0) is 19.6. The third-order valence-corrected chi connectivity index (χ3v) is 8.01. The molecule has 4 atom stereocenters. The summed E-state index contributed by atoms with van der Waals surface area (Å²) in [4.78, 5) is 14.2. The van der Waals surface area contributed by atoms with Crippen LogP contribution in [0.5, 0.6) is 0 Å². The van der Waals surface area contributed by atoms with Crippen molar-refractivity contribution in [3.05, 3.63) is 42.5 Å². The van der Waals surface area contributed by atoms with Gasteiger partial charge < -0.3 is 19.3 Å². The van der Waals surface area contributed by atoms with E-state index in [0.29, 0.717) is 5.92 Å². The second kappa shape index (κ2) is 6.50. The Hall–Kier alpha value is -2.00. The molecule has 8 heteroatoms. The maximum Gasteiger partial charge on any atom is 0.186 e. The molecule has 1 aromatic carbocycles. The van der Waals surface area contributed by atoms with Gasteiger partial charge >= 0.3 is 0 Å². The summed E-state index contributed by atoms with van der Waals surface area (Å²) in [5.74, 6) is 1.59. The lowest BCUT2D eigenvalue weighted by molar-refractivity contribution is -0.0647. The highest BCUT2D eigenvalue weighted by molar-refractivity contribution is 7.22. The molecule has 0 aliphatic carbocycles. The van der Waals surface area contributed by atoms with E-state index in [0.717, 1.165) is 49.2 Å². The first-order valence-electron chi connectivity index (χ1n) is 10.2. The zero-order valence-electron chi connectivity index (χ0n) is 16.4. The van der Waals surface area contributed by atoms with Crippen molar-refractivity contribution in [3.8, 4) is 0 Å². The molecular formula is C21H25N5O2S. The van der Waals surface area contributed by atoms with E-state index >= 15 is 0 Å². The Kier molecular flexibility index (Phi) is 4.00. The predicted molar refractivity (Wildman–Crippen MR) is 112 cm³/mol. The summed E-state index contributed by atoms with van der Waals surface area (Å²) < 4.78 is 9.92. The smallest absolute Gasteiger partial charge is 0.186 e. The molecule has 0 saturated carbocycles. The van der Waals surface area contributed by atoms with Gasteiger partial charge in [-0.05, 0) is 12.1 Å². The fourth-order valence-electron chi connectivity index (χ4n) is 5.54. The first kappa shape index (κ1) is 17.8. The van der Waals surface area contributed by atoms with Gasteiger partial charge in [0.1, 0.15) is 11.4 Å². The number of morpholine rings is 1. The van der Waals surface area contributed by atoms with Crippen LogP contribution in [0.3, 0.4) is 0 Å². The van der Waals surface area contributed by atoms with Crippen LogP contribution in [-0.4, -0.2) is 69.0 Å². The van der Waals surface area contributed by atoms with Crippen LogP contribution in [0.4, 0.5) is 5.13 Å². The second-order valence-corrected chi connectivity index (χ2v) is 9.65. The minimum Gasteiger partial charge on any atom is -0.396 e. The predicted octanol–water partition coefficient (Wildman–Crippen LogP) is 1.73. The maximum atomic E-state index is 10.2. The molecule has 3 aliphatic rings. The highest BCUT2D eigenvalue weighted by Gasteiger charge is 2.62. The average molecular weight is 412 g/mol. The van der Waals surface area contributed by atoms with Gasteiger partial charge in [-0.1, -0.05) is 23.5 Å². The largest absolute Gasteiger partial charge is 0.396 e. The molecule has 3 aromatic rings. The van der Waals surface area contributed by atoms with Crippen molar-refractivity contribution in [1.82, 2.24) is 19.4 Å². The van der Waals surface area contributed by atoms with E-state index in [1.54, 1.807) is 11.3 Å². The van der Waals surface area contributed by atoms with Gasteiger partial charge in [-0.25, -0.2) is 9.97 Å². The Balaban J connectivity index is 1.29. The quantitative estimate of drug-likeness (QED) is 0.705. The van der Waals surface area contributed by atoms with E-state index < -0.39 is 0 Å². The van der Waals surface area contributed by atoms with E-state index in [4.69, 9.17) is 9.72 Å². The summed E-state index contributed by atoms with van der Waals surface area (Å²) in [6.45, 7) is 4.46. The molecule has 1 spiro atoms. The standard InChI is InChI=1S/C21H25N5O2S/c1-24-7-6-22-19(24)10-25-8-15-14(11-27)17-9-26(13-21(15,12-25)28-17)20-23-16-4-2-3-5-18(16)29-20/h2-7,14-15,17,27H,8-13H2,1H3/t14-,15+,17+,21-/m0/s1. The number of hydrogen-bond acceptors (Lipinski definition) is 7. The minimum absolute atomic E-state index is 0.0704. The lowest BCUT2D eigenvalue weighted by atomic mass is 9.83. The van der Waals surface area contributed by atoms with Crippen LogP contribution in [0.1, 0.15) is 5.82 Å². The van der Waals surface area contributed by atoms with Gasteiger partial charge in [0.25, 0.3) is 0 Å². The summed E-state index contributed by atoms with van der Waals surface area (Å²) >= 11 is 1.75. The Morgan fingerprint density at radius 1 is 1.28 bits per heavy atom. The molecule has 152 valence electrons. The Labute approximate surface area is 173 Å². The number of aliphatic hydroxyl groups is 1. The molecule has 0 radical (unpaired) electrons. The highest BCUT2D eigenvalue weighted by atomic mass is 32.1. The topological polar surface area (TPSA) is 66.7 Å². The minimum atomic E-state index is -0.237. The molecule has 3 aliphatic heterocycles. The first-order chi connectivity index (χ1) is 14.1. The number of aromatic nitrogens is 3. The fraction of sp³-hybridized carbons (Fsp3) is 0.524. The number of para-hydroxylation sites is 1. The summed E-state index contributed by atoms with van der Waals surface area (Å²) in [5.41, 5.74) is 0.821. The Morgan fingerprint density at radius 2 is 2.17 bits per heavy atom. The SMILES string of the molecule is Cn1ccnc1CN1C[C@@H]2[C@H](CO)[C@H]3CN(c4nc5ccccc5s4)C[C@]2(C1)O3. The molecule has 1 N–H and O–H groups in total. The van der Waals surface area contributed by atoms with Gasteiger partial charge in [-0.3, -0.25) is 4.90 Å². The summed E-state index contributed by atoms with van der Waals surface area (Å²) in [7, 11) is 2.04. The number of fused-ring (bicyclic) bond motifs is 2. The Morgan fingerprint density at radius 3 is 2.97 bits per heavy atom. The van der Waals surface area contributed by atoms with Crippen LogP contribution in [0.25, 0.3) is 10.2 Å². The summed E-state index contributed by atoms with van der Waals surface area (Å²) in [5, 5.41) is 11.2. The molecule has 7 nitrogen and oxygen atoms in total. The number of nitrogens with zero attached hydrogens (tertiary/aromatic N) is 5. The van der Waals surface area contributed by atoms with Crippen molar-refractivity contribution < 1.29 is 9.84 Å². The van der Waals surface area contributed by atoms with Crippen molar-refractivity contribution in [3.63, 3.8) is 0 Å². The number of rotatable bonds is 4. The molecular weight excluding hydrogens is 386 g/mol. The van der Waals surface area contributed by atoms with E-state index in [1.165, 1.54) is 4.70 Å². The molecule has 6 rings (SSSR count). The molecule has 29 heavy (non-hydrogen) atoms. The number of thiazole rings is 1. The lowest BCUT2D eigenvalue weighted by Gasteiger charge is -2.40. The maximum absolute atomic E-state index is 10.2. The highest BCUT2D eigenvalue weighted by Crippen LogP contribution is 2.50. The normalized spacial score (nSPS) is 31.7. The Bertz CT molecular complexity index is 1020. The van der Waals surface area contributed by atoms with Gasteiger partial charge in [0.15, 0.2) is 5.13 Å². The van der Waals surface area contributed by atoms with E-state index in [9.17, 15) is 5.11 Å². The van der Waals surface area contributed by atoms with Crippen molar-refractivity contribution in [2.75, 3.05) is 37.7 Å². The fourth-order valence-corrected chi connectivity index (χ4v) is 6.51. The number of hydrogen-bond donors (Lipinski definition) is 1. The third-order valence-electron chi connectivity index (χ3n) is 6.91. The van der Waals surface area contributed by atoms with Gasteiger partial charge in [0.2, 0.25) is 0 Å². The van der Waals surface area contributed by atoms with Crippen LogP contribution in [0.2, 0.25) is 0 Å². The van der Waals surface area contributed by atoms with Gasteiger partial charge in [-0.2, -0.15) is 0 Å². The van der Waals surface area contributed by atoms with Gasteiger partial charge in [0, 0.05) is 57.5 Å². The molecule has 5 heterocycles. The number of aliphatic hydroxyl groups excluding tert-OH is 1. The molecule has 0 amide bonds. The molecule has 0 unspecified atom stereocenters. The molecule has 2 bridgehead atoms. The average Bonchev–Trinajstić information content (AvgIpc) is 3.44. The van der Waals surface area contributed by atoms with E-state index in [2.05, 4.69) is 37.5 Å². The summed E-state index contributed by atoms with van der Waals surface area (Å²) in [6.07, 6.45) is 3.91. The monoisotopic (exact) mass is 411 g/mol. The number of aryl methyl sites for hydroxylation is 1. The number of ether oxygens (including phenoxy) is 1. The van der Waals surface area contributed by atoms with Crippen molar-refractivity contribution >= 4 is 26.7 Å². The van der Waals surface area contributed by atoms with Crippen LogP contribution >= 0.6 is 11.3 Å².